The van der Waals surface area contributed by atoms with Crippen LogP contribution in [0.5, 0.6) is 0 Å². The van der Waals surface area contributed by atoms with Crippen LogP contribution in [0.2, 0.25) is 0 Å². The third-order valence-corrected chi connectivity index (χ3v) is 3.75. The summed E-state index contributed by atoms with van der Waals surface area (Å²) in [5.74, 6) is 0.911. The average molecular weight is 218 g/mol. The summed E-state index contributed by atoms with van der Waals surface area (Å²) in [5.41, 5.74) is 0.770. The molecule has 0 aliphatic heterocycles. The fourth-order valence-corrected chi connectivity index (χ4v) is 2.25. The fraction of sp³-hybridized carbons (Fsp3) is 0.600. The molecule has 0 saturated heterocycles. The smallest absolute Gasteiger partial charge is 0.0685 e. The molecule has 16 heavy (non-hydrogen) atoms. The van der Waals surface area contributed by atoms with E-state index in [0.29, 0.717) is 0 Å². The molecule has 88 valence electrons. The lowest BCUT2D eigenvalue weighted by molar-refractivity contribution is 0.0244. The first-order chi connectivity index (χ1) is 7.72. The maximum absolute atomic E-state index is 10.6. The van der Waals surface area contributed by atoms with E-state index in [0.717, 1.165) is 25.2 Å². The molecule has 1 aromatic rings. The summed E-state index contributed by atoms with van der Waals surface area (Å²) in [6.45, 7) is 2.09. The molecule has 0 amide bonds. The molecule has 1 saturated carbocycles. The first kappa shape index (κ1) is 11.7. The van der Waals surface area contributed by atoms with Gasteiger partial charge in [-0.05, 0) is 30.7 Å². The van der Waals surface area contributed by atoms with Gasteiger partial charge in [0.1, 0.15) is 0 Å². The van der Waals surface area contributed by atoms with Crippen LogP contribution in [0.15, 0.2) is 30.3 Å². The molecule has 1 nitrogen and oxygen atoms in total. The molecule has 1 fully saturated rings. The van der Waals surface area contributed by atoms with E-state index < -0.39 is 5.60 Å². The lowest BCUT2D eigenvalue weighted by Crippen LogP contribution is -2.30. The molecule has 0 bridgehead atoms. The zero-order valence-electron chi connectivity index (χ0n) is 10.2. The number of aliphatic hydroxyl groups is 1. The monoisotopic (exact) mass is 218 g/mol. The highest BCUT2D eigenvalue weighted by Gasteiger charge is 2.29. The SMILES string of the molecule is CCC(O)(CCC1CC1)Cc1ccccc1. The van der Waals surface area contributed by atoms with E-state index in [4.69, 9.17) is 0 Å². The van der Waals surface area contributed by atoms with E-state index in [2.05, 4.69) is 19.1 Å². The Balaban J connectivity index is 1.91. The van der Waals surface area contributed by atoms with Crippen LogP contribution in [-0.2, 0) is 6.42 Å². The van der Waals surface area contributed by atoms with E-state index in [1.807, 2.05) is 18.2 Å². The topological polar surface area (TPSA) is 20.2 Å². The lowest BCUT2D eigenvalue weighted by Gasteiger charge is -2.27. The van der Waals surface area contributed by atoms with Crippen molar-refractivity contribution >= 4 is 0 Å². The molecule has 1 aromatic carbocycles. The Labute approximate surface area is 98.5 Å². The summed E-state index contributed by atoms with van der Waals surface area (Å²) in [7, 11) is 0. The van der Waals surface area contributed by atoms with Crippen molar-refractivity contribution in [1.29, 1.82) is 0 Å². The average Bonchev–Trinajstić information content (AvgIpc) is 3.12. The van der Waals surface area contributed by atoms with Crippen LogP contribution < -0.4 is 0 Å². The summed E-state index contributed by atoms with van der Waals surface area (Å²) in [4.78, 5) is 0. The Morgan fingerprint density at radius 2 is 1.94 bits per heavy atom. The fourth-order valence-electron chi connectivity index (χ4n) is 2.25. The Morgan fingerprint density at radius 1 is 1.25 bits per heavy atom. The predicted molar refractivity (Wildman–Crippen MR) is 67.3 cm³/mol. The number of rotatable bonds is 6. The number of benzene rings is 1. The van der Waals surface area contributed by atoms with Gasteiger partial charge in [0, 0.05) is 6.42 Å². The number of hydrogen-bond donors (Lipinski definition) is 1. The zero-order valence-corrected chi connectivity index (χ0v) is 10.2. The first-order valence-corrected chi connectivity index (χ1v) is 6.48. The van der Waals surface area contributed by atoms with Gasteiger partial charge in [-0.15, -0.1) is 0 Å². The van der Waals surface area contributed by atoms with Crippen molar-refractivity contribution in [2.75, 3.05) is 0 Å². The quantitative estimate of drug-likeness (QED) is 0.774. The van der Waals surface area contributed by atoms with Gasteiger partial charge in [-0.2, -0.15) is 0 Å². The predicted octanol–water partition coefficient (Wildman–Crippen LogP) is 3.56. The summed E-state index contributed by atoms with van der Waals surface area (Å²) >= 11 is 0. The van der Waals surface area contributed by atoms with Crippen molar-refractivity contribution in [3.05, 3.63) is 35.9 Å². The molecule has 0 spiro atoms. The van der Waals surface area contributed by atoms with E-state index in [9.17, 15) is 5.11 Å². The molecule has 0 heterocycles. The van der Waals surface area contributed by atoms with Crippen LogP contribution in [0.4, 0.5) is 0 Å². The minimum atomic E-state index is -0.482. The molecule has 0 radical (unpaired) electrons. The van der Waals surface area contributed by atoms with Gasteiger partial charge < -0.3 is 5.11 Å². The van der Waals surface area contributed by atoms with E-state index >= 15 is 0 Å². The molecule has 0 aromatic heterocycles. The highest BCUT2D eigenvalue weighted by Crippen LogP contribution is 2.36. The van der Waals surface area contributed by atoms with Gasteiger partial charge in [-0.25, -0.2) is 0 Å². The maximum Gasteiger partial charge on any atom is 0.0685 e. The van der Waals surface area contributed by atoms with Gasteiger partial charge in [0.05, 0.1) is 5.60 Å². The minimum absolute atomic E-state index is 0.482. The molecule has 1 heteroatoms. The van der Waals surface area contributed by atoms with Crippen molar-refractivity contribution in [2.45, 2.75) is 51.0 Å². The molecule has 1 aliphatic carbocycles. The third kappa shape index (κ3) is 3.34. The van der Waals surface area contributed by atoms with Crippen molar-refractivity contribution in [3.8, 4) is 0 Å². The second-order valence-corrected chi connectivity index (χ2v) is 5.22. The van der Waals surface area contributed by atoms with Crippen LogP contribution in [-0.4, -0.2) is 10.7 Å². The van der Waals surface area contributed by atoms with Crippen molar-refractivity contribution in [1.82, 2.24) is 0 Å². The highest BCUT2D eigenvalue weighted by atomic mass is 16.3. The standard InChI is InChI=1S/C15H22O/c1-2-15(16,11-10-13-8-9-13)12-14-6-4-3-5-7-14/h3-7,13,16H,2,8-12H2,1H3. The van der Waals surface area contributed by atoms with E-state index in [-0.39, 0.29) is 0 Å². The molecule has 2 rings (SSSR count). The van der Waals surface area contributed by atoms with E-state index in [1.54, 1.807) is 0 Å². The van der Waals surface area contributed by atoms with Crippen LogP contribution >= 0.6 is 0 Å². The molecule has 1 atom stereocenters. The zero-order chi connectivity index (χ0) is 11.4. The summed E-state index contributed by atoms with van der Waals surface area (Å²) < 4.78 is 0. The maximum atomic E-state index is 10.6. The Kier molecular flexibility index (Phi) is 3.65. The van der Waals surface area contributed by atoms with Gasteiger partial charge in [0.25, 0.3) is 0 Å². The Hall–Kier alpha value is -0.820. The largest absolute Gasteiger partial charge is 0.390 e. The van der Waals surface area contributed by atoms with Gasteiger partial charge >= 0.3 is 0 Å². The molecule has 1 aliphatic rings. The molecular weight excluding hydrogens is 196 g/mol. The molecule has 1 unspecified atom stereocenters. The second kappa shape index (κ2) is 5.01. The highest BCUT2D eigenvalue weighted by molar-refractivity contribution is 5.17. The van der Waals surface area contributed by atoms with Crippen LogP contribution in [0.25, 0.3) is 0 Å². The summed E-state index contributed by atoms with van der Waals surface area (Å²) in [5, 5.41) is 10.6. The molecule has 1 N–H and O–H groups in total. The molecular formula is C15H22O. The third-order valence-electron chi connectivity index (χ3n) is 3.75. The summed E-state index contributed by atoms with van der Waals surface area (Å²) in [6, 6.07) is 10.3. The lowest BCUT2D eigenvalue weighted by atomic mass is 9.87. The first-order valence-electron chi connectivity index (χ1n) is 6.48. The number of hydrogen-bond acceptors (Lipinski definition) is 1. The van der Waals surface area contributed by atoms with Crippen LogP contribution in [0.1, 0.15) is 44.6 Å². The van der Waals surface area contributed by atoms with Crippen molar-refractivity contribution < 1.29 is 5.11 Å². The Bertz CT molecular complexity index is 315. The van der Waals surface area contributed by atoms with Gasteiger partial charge in [0.2, 0.25) is 0 Å². The van der Waals surface area contributed by atoms with Crippen LogP contribution in [0.3, 0.4) is 0 Å². The Morgan fingerprint density at radius 3 is 2.50 bits per heavy atom. The normalized spacial score (nSPS) is 19.4. The van der Waals surface area contributed by atoms with Crippen molar-refractivity contribution in [2.24, 2.45) is 5.92 Å². The van der Waals surface area contributed by atoms with E-state index in [1.165, 1.54) is 24.8 Å². The van der Waals surface area contributed by atoms with Crippen molar-refractivity contribution in [3.63, 3.8) is 0 Å². The van der Waals surface area contributed by atoms with Gasteiger partial charge in [-0.3, -0.25) is 0 Å². The summed E-state index contributed by atoms with van der Waals surface area (Å²) in [6.07, 6.45) is 6.59. The minimum Gasteiger partial charge on any atom is -0.390 e. The van der Waals surface area contributed by atoms with Gasteiger partial charge in [-0.1, -0.05) is 50.1 Å². The van der Waals surface area contributed by atoms with Crippen LogP contribution in [0, 0.1) is 5.92 Å². The van der Waals surface area contributed by atoms with Gasteiger partial charge in [0.15, 0.2) is 0 Å². The second-order valence-electron chi connectivity index (χ2n) is 5.22.